The number of rotatable bonds is 8. The molecule has 2 N–H and O–H groups in total. The van der Waals surface area contributed by atoms with Crippen LogP contribution in [0.5, 0.6) is 5.75 Å². The zero-order valence-corrected chi connectivity index (χ0v) is 15.6. The summed E-state index contributed by atoms with van der Waals surface area (Å²) in [7, 11) is 0. The zero-order chi connectivity index (χ0) is 18.1. The summed E-state index contributed by atoms with van der Waals surface area (Å²) in [6, 6.07) is 14.3. The summed E-state index contributed by atoms with van der Waals surface area (Å²) >= 11 is 3.31. The van der Waals surface area contributed by atoms with Gasteiger partial charge in [-0.25, -0.2) is 5.43 Å². The topological polar surface area (TPSA) is 70.9 Å². The van der Waals surface area contributed by atoms with E-state index in [1.807, 2.05) is 24.3 Å². The van der Waals surface area contributed by atoms with Gasteiger partial charge in [0.05, 0.1) is 12.8 Å². The van der Waals surface area contributed by atoms with Crippen LogP contribution < -0.4 is 10.2 Å². The third kappa shape index (κ3) is 6.32. The fraction of sp³-hybridized carbons (Fsp3) is 0.263. The molecule has 0 unspecified atom stereocenters. The van der Waals surface area contributed by atoms with Crippen molar-refractivity contribution < 1.29 is 14.6 Å². The van der Waals surface area contributed by atoms with Crippen molar-refractivity contribution >= 4 is 28.1 Å². The van der Waals surface area contributed by atoms with Gasteiger partial charge in [-0.05, 0) is 53.9 Å². The second-order valence-electron chi connectivity index (χ2n) is 5.46. The number of halogens is 1. The molecular weight excluding hydrogens is 384 g/mol. The lowest BCUT2D eigenvalue weighted by Crippen LogP contribution is -2.25. The molecule has 0 saturated heterocycles. The van der Waals surface area contributed by atoms with Crippen molar-refractivity contribution in [1.29, 1.82) is 0 Å². The lowest BCUT2D eigenvalue weighted by molar-refractivity contribution is -0.129. The minimum Gasteiger partial charge on any atom is -0.494 e. The maximum Gasteiger partial charge on any atom is 0.273 e. The molecule has 6 heteroatoms. The van der Waals surface area contributed by atoms with Crippen LogP contribution in [-0.4, -0.2) is 23.8 Å². The van der Waals surface area contributed by atoms with E-state index in [0.717, 1.165) is 28.6 Å². The van der Waals surface area contributed by atoms with E-state index < -0.39 is 12.0 Å². The molecular formula is C19H21BrN2O3. The molecule has 5 nitrogen and oxygen atoms in total. The number of hydrogen-bond acceptors (Lipinski definition) is 4. The van der Waals surface area contributed by atoms with E-state index in [9.17, 15) is 9.90 Å². The molecule has 1 atom stereocenters. The normalized spacial score (nSPS) is 12.1. The Kier molecular flexibility index (Phi) is 7.63. The molecule has 0 bridgehead atoms. The second-order valence-corrected chi connectivity index (χ2v) is 6.38. The van der Waals surface area contributed by atoms with E-state index >= 15 is 0 Å². The summed E-state index contributed by atoms with van der Waals surface area (Å²) in [6.45, 7) is 2.82. The highest BCUT2D eigenvalue weighted by atomic mass is 79.9. The first-order chi connectivity index (χ1) is 12.1. The van der Waals surface area contributed by atoms with E-state index in [0.29, 0.717) is 12.2 Å². The molecule has 0 radical (unpaired) electrons. The molecule has 0 spiro atoms. The van der Waals surface area contributed by atoms with Gasteiger partial charge in [-0.1, -0.05) is 41.4 Å². The molecule has 132 valence electrons. The SMILES string of the molecule is CCCCOc1ccc(/C=N\NC(=O)[C@@H](O)c2ccc(Br)cc2)cc1. The number of nitrogens with zero attached hydrogens (tertiary/aromatic N) is 1. The summed E-state index contributed by atoms with van der Waals surface area (Å²) in [5, 5.41) is 13.9. The Bertz CT molecular complexity index is 700. The highest BCUT2D eigenvalue weighted by Gasteiger charge is 2.16. The van der Waals surface area contributed by atoms with Crippen molar-refractivity contribution in [3.05, 3.63) is 64.1 Å². The van der Waals surface area contributed by atoms with Gasteiger partial charge in [0.1, 0.15) is 5.75 Å². The van der Waals surface area contributed by atoms with Gasteiger partial charge in [0.2, 0.25) is 0 Å². The number of unbranched alkanes of at least 4 members (excludes halogenated alkanes) is 1. The Labute approximate surface area is 155 Å². The fourth-order valence-corrected chi connectivity index (χ4v) is 2.28. The van der Waals surface area contributed by atoms with E-state index in [1.165, 1.54) is 6.21 Å². The van der Waals surface area contributed by atoms with Crippen molar-refractivity contribution in [2.24, 2.45) is 5.10 Å². The number of benzene rings is 2. The minimum absolute atomic E-state index is 0.504. The first-order valence-corrected chi connectivity index (χ1v) is 8.88. The van der Waals surface area contributed by atoms with E-state index in [-0.39, 0.29) is 0 Å². The standard InChI is InChI=1S/C19H21BrN2O3/c1-2-3-12-25-17-10-4-14(5-11-17)13-21-22-19(24)18(23)15-6-8-16(20)9-7-15/h4-11,13,18,23H,2-3,12H2,1H3,(H,22,24)/b21-13-/t18-/m0/s1. The predicted molar refractivity (Wildman–Crippen MR) is 102 cm³/mol. The molecule has 0 aromatic heterocycles. The van der Waals surface area contributed by atoms with E-state index in [1.54, 1.807) is 24.3 Å². The Morgan fingerprint density at radius 1 is 1.24 bits per heavy atom. The van der Waals surface area contributed by atoms with Gasteiger partial charge < -0.3 is 9.84 Å². The van der Waals surface area contributed by atoms with Crippen LogP contribution in [0.15, 0.2) is 58.1 Å². The molecule has 2 rings (SSSR count). The van der Waals surface area contributed by atoms with Crippen LogP contribution in [0.4, 0.5) is 0 Å². The number of nitrogens with one attached hydrogen (secondary N) is 1. The molecule has 1 amide bonds. The maximum absolute atomic E-state index is 11.9. The van der Waals surface area contributed by atoms with Crippen LogP contribution in [0.2, 0.25) is 0 Å². The average molecular weight is 405 g/mol. The second kappa shape index (κ2) is 9.96. The first-order valence-electron chi connectivity index (χ1n) is 8.09. The highest BCUT2D eigenvalue weighted by Crippen LogP contribution is 2.17. The van der Waals surface area contributed by atoms with Gasteiger partial charge in [-0.2, -0.15) is 5.10 Å². The predicted octanol–water partition coefficient (Wildman–Crippen LogP) is 3.81. The van der Waals surface area contributed by atoms with Crippen molar-refractivity contribution in [2.45, 2.75) is 25.9 Å². The van der Waals surface area contributed by atoms with Crippen LogP contribution in [0, 0.1) is 0 Å². The quantitative estimate of drug-likeness (QED) is 0.399. The number of amides is 1. The molecule has 0 saturated carbocycles. The number of aliphatic hydroxyl groups excluding tert-OH is 1. The molecule has 0 aliphatic carbocycles. The summed E-state index contributed by atoms with van der Waals surface area (Å²) in [4.78, 5) is 11.9. The third-order valence-corrected chi connectivity index (χ3v) is 4.00. The van der Waals surface area contributed by atoms with Crippen molar-refractivity contribution in [1.82, 2.24) is 5.43 Å². The Morgan fingerprint density at radius 3 is 2.56 bits per heavy atom. The molecule has 0 heterocycles. The Hall–Kier alpha value is -2.18. The molecule has 0 aliphatic heterocycles. The van der Waals surface area contributed by atoms with Gasteiger partial charge >= 0.3 is 0 Å². The number of hydrogen-bond donors (Lipinski definition) is 2. The van der Waals surface area contributed by atoms with Gasteiger partial charge in [-0.3, -0.25) is 4.79 Å². The van der Waals surface area contributed by atoms with E-state index in [2.05, 4.69) is 33.4 Å². The molecule has 0 aliphatic rings. The summed E-state index contributed by atoms with van der Waals surface area (Å²) in [5.41, 5.74) is 3.66. The van der Waals surface area contributed by atoms with Gasteiger partial charge in [0, 0.05) is 4.47 Å². The Morgan fingerprint density at radius 2 is 1.92 bits per heavy atom. The first kappa shape index (κ1) is 19.1. The monoisotopic (exact) mass is 404 g/mol. The average Bonchev–Trinajstić information content (AvgIpc) is 2.63. The van der Waals surface area contributed by atoms with Crippen molar-refractivity contribution in [3.63, 3.8) is 0 Å². The number of carbonyl (C=O) groups is 1. The molecule has 0 fully saturated rings. The van der Waals surface area contributed by atoms with Crippen LogP contribution >= 0.6 is 15.9 Å². The maximum atomic E-state index is 11.9. The summed E-state index contributed by atoms with van der Waals surface area (Å²) in [6.07, 6.45) is 2.37. The smallest absolute Gasteiger partial charge is 0.273 e. The molecule has 2 aromatic carbocycles. The van der Waals surface area contributed by atoms with Crippen molar-refractivity contribution in [2.75, 3.05) is 6.61 Å². The minimum atomic E-state index is -1.26. The van der Waals surface area contributed by atoms with Crippen LogP contribution in [-0.2, 0) is 4.79 Å². The third-order valence-electron chi connectivity index (χ3n) is 3.47. The van der Waals surface area contributed by atoms with Gasteiger partial charge in [0.25, 0.3) is 5.91 Å². The van der Waals surface area contributed by atoms with Crippen LogP contribution in [0.3, 0.4) is 0 Å². The fourth-order valence-electron chi connectivity index (χ4n) is 2.01. The lowest BCUT2D eigenvalue weighted by atomic mass is 10.1. The number of hydrazone groups is 1. The zero-order valence-electron chi connectivity index (χ0n) is 14.0. The number of ether oxygens (including phenoxy) is 1. The van der Waals surface area contributed by atoms with Gasteiger partial charge in [-0.15, -0.1) is 0 Å². The number of carbonyl (C=O) groups excluding carboxylic acids is 1. The molecule has 25 heavy (non-hydrogen) atoms. The molecule has 2 aromatic rings. The number of aliphatic hydroxyl groups is 1. The van der Waals surface area contributed by atoms with Crippen molar-refractivity contribution in [3.8, 4) is 5.75 Å². The summed E-state index contributed by atoms with van der Waals surface area (Å²) < 4.78 is 6.46. The largest absolute Gasteiger partial charge is 0.494 e. The van der Waals surface area contributed by atoms with E-state index in [4.69, 9.17) is 4.74 Å². The van der Waals surface area contributed by atoms with Crippen LogP contribution in [0.1, 0.15) is 37.0 Å². The van der Waals surface area contributed by atoms with Gasteiger partial charge in [0.15, 0.2) is 6.10 Å². The highest BCUT2D eigenvalue weighted by molar-refractivity contribution is 9.10. The lowest BCUT2D eigenvalue weighted by Gasteiger charge is -2.09. The summed E-state index contributed by atoms with van der Waals surface area (Å²) in [5.74, 6) is 0.221. The van der Waals surface area contributed by atoms with Crippen LogP contribution in [0.25, 0.3) is 0 Å². The Balaban J connectivity index is 1.85.